The molecule has 0 aliphatic heterocycles. The number of hydrogen-bond donors (Lipinski definition) is 1. The number of nitrogens with zero attached hydrogens (tertiary/aromatic N) is 2. The summed E-state index contributed by atoms with van der Waals surface area (Å²) in [7, 11) is 0. The van der Waals surface area contributed by atoms with Gasteiger partial charge < -0.3 is 5.11 Å². The van der Waals surface area contributed by atoms with Crippen molar-refractivity contribution in [3.05, 3.63) is 53.1 Å². The quantitative estimate of drug-likeness (QED) is 0.659. The molecule has 0 aliphatic rings. The van der Waals surface area contributed by atoms with E-state index in [-0.39, 0.29) is 0 Å². The van der Waals surface area contributed by atoms with Crippen LogP contribution in [0.4, 0.5) is 0 Å². The van der Waals surface area contributed by atoms with Gasteiger partial charge in [0.25, 0.3) is 0 Å². The highest BCUT2D eigenvalue weighted by Crippen LogP contribution is 2.12. The number of aromatic nitrogens is 2. The van der Waals surface area contributed by atoms with Gasteiger partial charge in [-0.25, -0.2) is 9.97 Å². The first-order chi connectivity index (χ1) is 8.27. The molecule has 0 radical (unpaired) electrons. The van der Waals surface area contributed by atoms with Gasteiger partial charge in [0.15, 0.2) is 0 Å². The zero-order valence-electron chi connectivity index (χ0n) is 9.37. The van der Waals surface area contributed by atoms with Crippen molar-refractivity contribution < 1.29 is 5.11 Å². The monoisotopic (exact) mass is 244 g/mol. The maximum atomic E-state index is 8.48. The maximum Gasteiger partial charge on any atom is 0.126 e. The summed E-state index contributed by atoms with van der Waals surface area (Å²) in [5.41, 5.74) is 2.24. The first-order valence-corrected chi connectivity index (χ1v) is 6.08. The Bertz CT molecular complexity index is 588. The number of thiophene rings is 1. The maximum absolute atomic E-state index is 8.48. The molecule has 3 aromatic rings. The molecule has 0 fully saturated rings. The van der Waals surface area contributed by atoms with Crippen molar-refractivity contribution in [2.45, 2.75) is 6.92 Å². The molecule has 1 N–H and O–H groups in total. The fourth-order valence-corrected chi connectivity index (χ4v) is 1.94. The highest BCUT2D eigenvalue weighted by Gasteiger charge is 1.94. The summed E-state index contributed by atoms with van der Waals surface area (Å²) in [6.45, 7) is 2.05. The summed E-state index contributed by atoms with van der Waals surface area (Å²) in [4.78, 5) is 8.11. The molecule has 0 bridgehead atoms. The number of aryl methyl sites for hydroxylation is 1. The molecule has 0 saturated carbocycles. The van der Waals surface area contributed by atoms with Gasteiger partial charge in [0.05, 0.1) is 5.52 Å². The third-order valence-corrected chi connectivity index (χ3v) is 2.91. The van der Waals surface area contributed by atoms with E-state index in [1.807, 2.05) is 23.7 Å². The highest BCUT2D eigenvalue weighted by molar-refractivity contribution is 7.08. The van der Waals surface area contributed by atoms with Gasteiger partial charge in [-0.1, -0.05) is 18.2 Å². The standard InChI is InChI=1S/C9H8N2.C4H4OS/c1-7-3-2-4-8-5-10-6-11-9(7)8;5-4-1-2-6-3-4/h2-6H,1H3;1-3,5H. The molecule has 2 aromatic heterocycles. The molecule has 0 saturated heterocycles. The van der Waals surface area contributed by atoms with Crippen LogP contribution in [-0.4, -0.2) is 15.1 Å². The van der Waals surface area contributed by atoms with Crippen LogP contribution in [0.1, 0.15) is 5.56 Å². The molecule has 0 spiro atoms. The summed E-state index contributed by atoms with van der Waals surface area (Å²) < 4.78 is 0. The average Bonchev–Trinajstić information content (AvgIpc) is 2.82. The van der Waals surface area contributed by atoms with Crippen LogP contribution in [0.5, 0.6) is 5.75 Å². The Balaban J connectivity index is 0.000000153. The molecule has 0 unspecified atom stereocenters. The third kappa shape index (κ3) is 3.01. The first-order valence-electron chi connectivity index (χ1n) is 5.14. The van der Waals surface area contributed by atoms with Crippen LogP contribution in [0.2, 0.25) is 0 Å². The van der Waals surface area contributed by atoms with Crippen molar-refractivity contribution in [2.24, 2.45) is 0 Å². The Morgan fingerprint density at radius 3 is 2.71 bits per heavy atom. The molecular weight excluding hydrogens is 232 g/mol. The van der Waals surface area contributed by atoms with Crippen molar-refractivity contribution in [1.82, 2.24) is 9.97 Å². The minimum absolute atomic E-state index is 0.361. The lowest BCUT2D eigenvalue weighted by Gasteiger charge is -1.97. The van der Waals surface area contributed by atoms with Crippen LogP contribution >= 0.6 is 11.3 Å². The Morgan fingerprint density at radius 1 is 1.24 bits per heavy atom. The second-order valence-electron chi connectivity index (χ2n) is 3.52. The number of aromatic hydroxyl groups is 1. The zero-order valence-corrected chi connectivity index (χ0v) is 10.2. The van der Waals surface area contributed by atoms with Gasteiger partial charge >= 0.3 is 0 Å². The summed E-state index contributed by atoms with van der Waals surface area (Å²) in [6, 6.07) is 7.74. The smallest absolute Gasteiger partial charge is 0.126 e. The van der Waals surface area contributed by atoms with Crippen LogP contribution < -0.4 is 0 Å². The number of fused-ring (bicyclic) bond motifs is 1. The van der Waals surface area contributed by atoms with E-state index in [1.165, 1.54) is 16.9 Å². The van der Waals surface area contributed by atoms with Crippen molar-refractivity contribution in [1.29, 1.82) is 0 Å². The van der Waals surface area contributed by atoms with Gasteiger partial charge in [-0.05, 0) is 23.9 Å². The van der Waals surface area contributed by atoms with Crippen molar-refractivity contribution >= 4 is 22.2 Å². The van der Waals surface area contributed by atoms with E-state index >= 15 is 0 Å². The molecule has 4 heteroatoms. The van der Waals surface area contributed by atoms with E-state index in [0.717, 1.165) is 10.9 Å². The summed E-state index contributed by atoms with van der Waals surface area (Å²) in [6.07, 6.45) is 3.41. The Morgan fingerprint density at radius 2 is 2.12 bits per heavy atom. The van der Waals surface area contributed by atoms with Crippen LogP contribution in [0.15, 0.2) is 47.5 Å². The SMILES string of the molecule is Cc1cccc2cncnc12.Oc1ccsc1. The molecule has 3 rings (SSSR count). The van der Waals surface area contributed by atoms with E-state index in [1.54, 1.807) is 17.8 Å². The van der Waals surface area contributed by atoms with Gasteiger partial charge in [-0.15, -0.1) is 11.3 Å². The van der Waals surface area contributed by atoms with Crippen LogP contribution in [0.3, 0.4) is 0 Å². The van der Waals surface area contributed by atoms with E-state index in [4.69, 9.17) is 5.11 Å². The molecule has 1 aromatic carbocycles. The van der Waals surface area contributed by atoms with Crippen LogP contribution in [0.25, 0.3) is 10.9 Å². The van der Waals surface area contributed by atoms with E-state index < -0.39 is 0 Å². The number of para-hydroxylation sites is 1. The fourth-order valence-electron chi connectivity index (χ4n) is 1.42. The fraction of sp³-hybridized carbons (Fsp3) is 0.0769. The predicted octanol–water partition coefficient (Wildman–Crippen LogP) is 3.39. The van der Waals surface area contributed by atoms with E-state index in [2.05, 4.69) is 23.0 Å². The van der Waals surface area contributed by atoms with Gasteiger partial charge in [0.1, 0.15) is 12.1 Å². The Labute approximate surface area is 103 Å². The Kier molecular flexibility index (Phi) is 3.67. The van der Waals surface area contributed by atoms with E-state index in [9.17, 15) is 0 Å². The highest BCUT2D eigenvalue weighted by atomic mass is 32.1. The van der Waals surface area contributed by atoms with Gasteiger partial charge in [-0.2, -0.15) is 0 Å². The number of benzene rings is 1. The Hall–Kier alpha value is -1.94. The second kappa shape index (κ2) is 5.41. The van der Waals surface area contributed by atoms with Crippen LogP contribution in [0, 0.1) is 6.92 Å². The van der Waals surface area contributed by atoms with Crippen molar-refractivity contribution in [3.63, 3.8) is 0 Å². The molecule has 86 valence electrons. The van der Waals surface area contributed by atoms with Gasteiger partial charge in [-0.3, -0.25) is 0 Å². The molecule has 2 heterocycles. The lowest BCUT2D eigenvalue weighted by atomic mass is 10.2. The molecule has 0 aliphatic carbocycles. The molecule has 17 heavy (non-hydrogen) atoms. The average molecular weight is 244 g/mol. The molecule has 0 amide bonds. The topological polar surface area (TPSA) is 46.0 Å². The molecular formula is C13H12N2OS. The van der Waals surface area contributed by atoms with Crippen molar-refractivity contribution in [2.75, 3.05) is 0 Å². The van der Waals surface area contributed by atoms with Crippen LogP contribution in [-0.2, 0) is 0 Å². The summed E-state index contributed by atoms with van der Waals surface area (Å²) >= 11 is 1.49. The summed E-state index contributed by atoms with van der Waals surface area (Å²) in [5.74, 6) is 0.361. The largest absolute Gasteiger partial charge is 0.507 e. The minimum Gasteiger partial charge on any atom is -0.507 e. The normalized spacial score (nSPS) is 9.71. The second-order valence-corrected chi connectivity index (χ2v) is 4.30. The summed E-state index contributed by atoms with van der Waals surface area (Å²) in [5, 5.41) is 13.1. The predicted molar refractivity (Wildman–Crippen MR) is 70.3 cm³/mol. The van der Waals surface area contributed by atoms with Gasteiger partial charge in [0.2, 0.25) is 0 Å². The van der Waals surface area contributed by atoms with Gasteiger partial charge in [0, 0.05) is 17.0 Å². The number of rotatable bonds is 0. The number of hydrogen-bond acceptors (Lipinski definition) is 4. The molecule has 3 nitrogen and oxygen atoms in total. The first kappa shape index (κ1) is 11.5. The molecule has 0 atom stereocenters. The lowest BCUT2D eigenvalue weighted by Crippen LogP contribution is -1.83. The van der Waals surface area contributed by atoms with Crippen molar-refractivity contribution in [3.8, 4) is 5.75 Å². The lowest BCUT2D eigenvalue weighted by molar-refractivity contribution is 0.478. The van der Waals surface area contributed by atoms with E-state index in [0.29, 0.717) is 5.75 Å². The minimum atomic E-state index is 0.361. The third-order valence-electron chi connectivity index (χ3n) is 2.24. The zero-order chi connectivity index (χ0) is 12.1.